The maximum absolute atomic E-state index is 14.5. The molecular weight excluding hydrogens is 882 g/mol. The van der Waals surface area contributed by atoms with Gasteiger partial charge in [-0.2, -0.15) is 9.57 Å². The molecule has 2 amide bonds. The van der Waals surface area contributed by atoms with Crippen molar-refractivity contribution in [3.63, 3.8) is 0 Å². The lowest BCUT2D eigenvalue weighted by Gasteiger charge is -2.38. The number of hydrogen-bond acceptors (Lipinski definition) is 10. The van der Waals surface area contributed by atoms with Crippen molar-refractivity contribution in [1.82, 2.24) is 14.8 Å². The van der Waals surface area contributed by atoms with E-state index < -0.39 is 40.1 Å². The maximum atomic E-state index is 14.5. The van der Waals surface area contributed by atoms with Gasteiger partial charge in [0, 0.05) is 25.6 Å². The molecule has 5 aromatic carbocycles. The topological polar surface area (TPSA) is 192 Å². The molecule has 0 fully saturated rings. The molecule has 0 aliphatic carbocycles. The second-order valence-corrected chi connectivity index (χ2v) is 18.1. The summed E-state index contributed by atoms with van der Waals surface area (Å²) in [4.78, 5) is 42.0. The SMILES string of the molecule is Cc1noc(C)c1S(=O)(=O)N1Cc2cc3c(cc2CC1C(=O)N[C@@H](Cc1ccc(-c2ccc(C#N)cc2)cc1)C(=O)O)N(C)C(=O)C(c1ccc(OCc2ccc(Cl)c(Cl)c2)cc1)O3. The fourth-order valence-electron chi connectivity index (χ4n) is 7.86. The number of aliphatic carboxylic acids is 1. The Labute approximate surface area is 378 Å². The Bertz CT molecular complexity index is 2930. The summed E-state index contributed by atoms with van der Waals surface area (Å²) in [6, 6.07) is 28.9. The standard InChI is InChI=1S/C47H39Cl2N5O9S/c1-26-44(27(2)63-52-26)64(59,60)54-24-35-22-42-40(53(3)46(56)43(62-42)33-13-15-36(16-14-33)61-25-30-8-17-37(48)38(49)18-30)20-34(35)21-41(54)45(55)51-39(47(57)58)19-28-4-9-31(10-5-28)32-11-6-29(23-50)7-12-32/h4-18,20,22,39,41,43H,19,21,24-25H2,1-3H3,(H,51,55)(H,57,58)/t39-,41?,43?/m0/s1. The number of nitrogens with one attached hydrogen (secondary N) is 1. The first-order valence-electron chi connectivity index (χ1n) is 20.0. The molecule has 0 radical (unpaired) electrons. The predicted octanol–water partition coefficient (Wildman–Crippen LogP) is 7.74. The molecule has 3 atom stereocenters. The van der Waals surface area contributed by atoms with Crippen molar-refractivity contribution in [3.05, 3.63) is 158 Å². The van der Waals surface area contributed by atoms with E-state index >= 15 is 0 Å². The second kappa shape index (κ2) is 17.8. The van der Waals surface area contributed by atoms with Gasteiger partial charge in [0.2, 0.25) is 22.0 Å². The van der Waals surface area contributed by atoms with Crippen LogP contribution in [-0.4, -0.2) is 59.9 Å². The van der Waals surface area contributed by atoms with Gasteiger partial charge in [-0.3, -0.25) is 9.59 Å². The number of carboxylic acids is 1. The number of carbonyl (C=O) groups excluding carboxylic acids is 2. The highest BCUT2D eigenvalue weighted by Gasteiger charge is 2.44. The molecule has 6 aromatic rings. The van der Waals surface area contributed by atoms with Gasteiger partial charge in [0.25, 0.3) is 5.91 Å². The molecule has 2 aliphatic heterocycles. The minimum Gasteiger partial charge on any atom is -0.489 e. The highest BCUT2D eigenvalue weighted by molar-refractivity contribution is 7.89. The van der Waals surface area contributed by atoms with Crippen LogP contribution in [0.1, 0.15) is 50.9 Å². The van der Waals surface area contributed by atoms with Crippen LogP contribution in [0.5, 0.6) is 11.5 Å². The zero-order valence-corrected chi connectivity index (χ0v) is 36.9. The molecule has 0 saturated carbocycles. The number of ether oxygens (including phenoxy) is 2. The van der Waals surface area contributed by atoms with Gasteiger partial charge in [-0.05, 0) is 102 Å². The van der Waals surface area contributed by atoms with Crippen molar-refractivity contribution < 1.29 is 41.9 Å². The number of anilines is 1. The summed E-state index contributed by atoms with van der Waals surface area (Å²) < 4.78 is 47.5. The van der Waals surface area contributed by atoms with Gasteiger partial charge in [-0.1, -0.05) is 83.0 Å². The van der Waals surface area contributed by atoms with Crippen molar-refractivity contribution in [3.8, 4) is 28.7 Å². The number of carboxylic acid groups (broad SMARTS) is 1. The number of halogens is 2. The summed E-state index contributed by atoms with van der Waals surface area (Å²) >= 11 is 12.2. The first-order chi connectivity index (χ1) is 30.6. The third-order valence-electron chi connectivity index (χ3n) is 11.3. The van der Waals surface area contributed by atoms with Gasteiger partial charge in [0.1, 0.15) is 40.8 Å². The summed E-state index contributed by atoms with van der Waals surface area (Å²) in [6.07, 6.45) is -1.29. The summed E-state index contributed by atoms with van der Waals surface area (Å²) in [6.45, 7) is 2.88. The highest BCUT2D eigenvalue weighted by atomic mass is 35.5. The molecule has 3 heterocycles. The van der Waals surface area contributed by atoms with Crippen molar-refractivity contribution in [2.75, 3.05) is 11.9 Å². The second-order valence-electron chi connectivity index (χ2n) is 15.5. The number of nitriles is 1. The summed E-state index contributed by atoms with van der Waals surface area (Å²) in [7, 11) is -2.87. The normalized spacial score (nSPS) is 16.5. The summed E-state index contributed by atoms with van der Waals surface area (Å²) in [5, 5.41) is 26.7. The third kappa shape index (κ3) is 8.78. The van der Waals surface area contributed by atoms with Crippen LogP contribution in [0.25, 0.3) is 11.1 Å². The molecule has 2 N–H and O–H groups in total. The third-order valence-corrected chi connectivity index (χ3v) is 14.1. The Hall–Kier alpha value is -6.70. The van der Waals surface area contributed by atoms with Crippen molar-refractivity contribution in [2.45, 2.75) is 62.9 Å². The van der Waals surface area contributed by atoms with E-state index in [0.717, 1.165) is 21.0 Å². The minimum absolute atomic E-state index is 0.0258. The number of hydrogen-bond donors (Lipinski definition) is 2. The maximum Gasteiger partial charge on any atom is 0.326 e. The average molecular weight is 921 g/mol. The van der Waals surface area contributed by atoms with E-state index in [2.05, 4.69) is 16.5 Å². The van der Waals surface area contributed by atoms with E-state index in [1.165, 1.54) is 18.7 Å². The molecule has 2 aliphatic rings. The van der Waals surface area contributed by atoms with E-state index in [-0.39, 0.29) is 48.3 Å². The minimum atomic E-state index is -4.47. The molecule has 0 saturated heterocycles. The van der Waals surface area contributed by atoms with Crippen molar-refractivity contribution in [1.29, 1.82) is 5.26 Å². The van der Waals surface area contributed by atoms with E-state index in [4.69, 9.17) is 42.5 Å². The summed E-state index contributed by atoms with van der Waals surface area (Å²) in [5.41, 5.74) is 5.81. The molecule has 0 bridgehead atoms. The van der Waals surface area contributed by atoms with Crippen LogP contribution in [-0.2, 0) is 50.4 Å². The Morgan fingerprint density at radius 1 is 0.938 bits per heavy atom. The number of likely N-dealkylation sites (N-methyl/N-ethyl adjacent to an activating group) is 1. The molecule has 17 heteroatoms. The lowest BCUT2D eigenvalue weighted by atomic mass is 9.93. The zero-order valence-electron chi connectivity index (χ0n) is 34.5. The fraction of sp³-hybridized carbons (Fsp3) is 0.213. The van der Waals surface area contributed by atoms with Crippen LogP contribution in [0.2, 0.25) is 10.0 Å². The largest absolute Gasteiger partial charge is 0.489 e. The van der Waals surface area contributed by atoms with Gasteiger partial charge in [0.05, 0.1) is 27.4 Å². The molecule has 1 aromatic heterocycles. The first-order valence-corrected chi connectivity index (χ1v) is 22.1. The van der Waals surface area contributed by atoms with Crippen LogP contribution >= 0.6 is 23.2 Å². The Balaban J connectivity index is 1.04. The molecule has 0 spiro atoms. The first kappa shape index (κ1) is 43.9. The van der Waals surface area contributed by atoms with Crippen LogP contribution < -0.4 is 19.7 Å². The smallest absolute Gasteiger partial charge is 0.326 e. The fourth-order valence-corrected chi connectivity index (χ4v) is 10.0. The summed E-state index contributed by atoms with van der Waals surface area (Å²) in [5.74, 6) is -1.61. The van der Waals surface area contributed by atoms with E-state index in [9.17, 15) is 27.9 Å². The number of benzene rings is 5. The van der Waals surface area contributed by atoms with Gasteiger partial charge in [0.15, 0.2) is 5.76 Å². The molecule has 326 valence electrons. The average Bonchev–Trinajstić information content (AvgIpc) is 3.64. The van der Waals surface area contributed by atoms with Gasteiger partial charge in [-0.25, -0.2) is 13.2 Å². The van der Waals surface area contributed by atoms with Gasteiger partial charge >= 0.3 is 5.97 Å². The number of fused-ring (bicyclic) bond motifs is 2. The van der Waals surface area contributed by atoms with Crippen LogP contribution in [0.15, 0.2) is 113 Å². The number of aromatic nitrogens is 1. The quantitative estimate of drug-likeness (QED) is 0.122. The Kier molecular flexibility index (Phi) is 12.2. The zero-order chi connectivity index (χ0) is 45.4. The van der Waals surface area contributed by atoms with Gasteiger partial charge < -0.3 is 29.3 Å². The Morgan fingerprint density at radius 2 is 1.61 bits per heavy atom. The van der Waals surface area contributed by atoms with Crippen LogP contribution in [0, 0.1) is 25.2 Å². The predicted molar refractivity (Wildman–Crippen MR) is 237 cm³/mol. The number of carbonyl (C=O) groups is 3. The molecule has 64 heavy (non-hydrogen) atoms. The van der Waals surface area contributed by atoms with E-state index in [0.29, 0.717) is 55.0 Å². The monoisotopic (exact) mass is 919 g/mol. The van der Waals surface area contributed by atoms with Crippen molar-refractivity contribution >= 4 is 56.7 Å². The van der Waals surface area contributed by atoms with E-state index in [1.807, 2.05) is 30.3 Å². The number of rotatable bonds is 12. The molecule has 2 unspecified atom stereocenters. The number of nitrogens with zero attached hydrogens (tertiary/aromatic N) is 4. The lowest BCUT2D eigenvalue weighted by Crippen LogP contribution is -2.56. The number of sulfonamides is 1. The van der Waals surface area contributed by atoms with Gasteiger partial charge in [-0.15, -0.1) is 0 Å². The Morgan fingerprint density at radius 3 is 2.23 bits per heavy atom. The van der Waals surface area contributed by atoms with E-state index in [1.54, 1.807) is 79.8 Å². The number of amides is 2. The van der Waals surface area contributed by atoms with Crippen LogP contribution in [0.4, 0.5) is 5.69 Å². The number of aryl methyl sites for hydroxylation is 2. The highest BCUT2D eigenvalue weighted by Crippen LogP contribution is 2.43. The lowest BCUT2D eigenvalue weighted by molar-refractivity contribution is -0.142. The molecule has 14 nitrogen and oxygen atoms in total. The van der Waals surface area contributed by atoms with Crippen molar-refractivity contribution in [2.24, 2.45) is 0 Å². The molecular formula is C47H39Cl2N5O9S. The van der Waals surface area contributed by atoms with Crippen LogP contribution in [0.3, 0.4) is 0 Å². The molecule has 8 rings (SSSR count).